The van der Waals surface area contributed by atoms with Gasteiger partial charge < -0.3 is 9.47 Å². The van der Waals surface area contributed by atoms with Crippen LogP contribution in [0, 0.1) is 11.8 Å². The molecular formula is C23H31F3N2O2. The van der Waals surface area contributed by atoms with Crippen molar-refractivity contribution in [1.29, 1.82) is 0 Å². The Morgan fingerprint density at radius 3 is 2.00 bits per heavy atom. The minimum absolute atomic E-state index is 0.00170. The van der Waals surface area contributed by atoms with Crippen LogP contribution in [0.15, 0.2) is 18.2 Å². The van der Waals surface area contributed by atoms with E-state index in [1.54, 1.807) is 0 Å². The predicted molar refractivity (Wildman–Crippen MR) is 112 cm³/mol. The Labute approximate surface area is 176 Å². The molecule has 1 aromatic heterocycles. The largest absolute Gasteiger partial charge is 0.497 e. The maximum atomic E-state index is 13.8. The van der Waals surface area contributed by atoms with Crippen molar-refractivity contribution in [2.45, 2.75) is 66.7 Å². The third kappa shape index (κ3) is 5.24. The van der Waals surface area contributed by atoms with Gasteiger partial charge in [0.05, 0.1) is 24.1 Å². The fourth-order valence-corrected chi connectivity index (χ4v) is 3.54. The van der Waals surface area contributed by atoms with Gasteiger partial charge in [0.1, 0.15) is 17.5 Å². The lowest BCUT2D eigenvalue weighted by Crippen LogP contribution is -2.30. The Kier molecular flexibility index (Phi) is 7.72. The van der Waals surface area contributed by atoms with E-state index in [-0.39, 0.29) is 34.9 Å². The quantitative estimate of drug-likeness (QED) is 0.495. The second-order valence-corrected chi connectivity index (χ2v) is 7.96. The molecule has 0 radical (unpaired) electrons. The molecule has 0 atom stereocenters. The highest BCUT2D eigenvalue weighted by molar-refractivity contribution is 5.68. The maximum absolute atomic E-state index is 13.8. The maximum Gasteiger partial charge on any atom is 0.417 e. The number of aryl methyl sites for hydroxylation is 2. The van der Waals surface area contributed by atoms with Gasteiger partial charge in [-0.3, -0.25) is 0 Å². The van der Waals surface area contributed by atoms with E-state index in [1.165, 1.54) is 19.2 Å². The van der Waals surface area contributed by atoms with Crippen molar-refractivity contribution in [3.8, 4) is 22.9 Å². The summed E-state index contributed by atoms with van der Waals surface area (Å²) in [6, 6.07) is 3.91. The molecule has 0 N–H and O–H groups in total. The minimum Gasteiger partial charge on any atom is -0.497 e. The van der Waals surface area contributed by atoms with Gasteiger partial charge in [-0.05, 0) is 42.9 Å². The highest BCUT2D eigenvalue weighted by Gasteiger charge is 2.35. The number of alkyl halides is 3. The number of nitrogens with zero attached hydrogens (tertiary/aromatic N) is 2. The van der Waals surface area contributed by atoms with E-state index < -0.39 is 11.7 Å². The molecule has 0 saturated heterocycles. The van der Waals surface area contributed by atoms with Crippen molar-refractivity contribution >= 4 is 0 Å². The Bertz CT molecular complexity index is 856. The molecule has 1 heterocycles. The number of halogens is 3. The second kappa shape index (κ2) is 9.67. The predicted octanol–water partition coefficient (Wildman–Crippen LogP) is 6.36. The fraction of sp³-hybridized carbons (Fsp3) is 0.565. The zero-order valence-electron chi connectivity index (χ0n) is 18.7. The van der Waals surface area contributed by atoms with Gasteiger partial charge in [0.25, 0.3) is 0 Å². The summed E-state index contributed by atoms with van der Waals surface area (Å²) in [4.78, 5) is 9.23. The van der Waals surface area contributed by atoms with Crippen molar-refractivity contribution in [2.75, 3.05) is 7.11 Å². The number of methoxy groups -OCH3 is 1. The van der Waals surface area contributed by atoms with Crippen LogP contribution >= 0.6 is 0 Å². The number of hydrogen-bond acceptors (Lipinski definition) is 4. The summed E-state index contributed by atoms with van der Waals surface area (Å²) >= 11 is 0. The van der Waals surface area contributed by atoms with E-state index in [9.17, 15) is 13.2 Å². The van der Waals surface area contributed by atoms with E-state index in [1.807, 2.05) is 13.8 Å². The smallest absolute Gasteiger partial charge is 0.417 e. The molecule has 7 heteroatoms. The molecular weight excluding hydrogens is 393 g/mol. The number of ether oxygens (including phenoxy) is 2. The number of benzene rings is 1. The van der Waals surface area contributed by atoms with E-state index in [4.69, 9.17) is 9.47 Å². The van der Waals surface area contributed by atoms with Gasteiger partial charge in [0.2, 0.25) is 5.88 Å². The van der Waals surface area contributed by atoms with E-state index in [2.05, 4.69) is 37.7 Å². The van der Waals surface area contributed by atoms with Crippen molar-refractivity contribution in [2.24, 2.45) is 11.8 Å². The molecule has 0 saturated carbocycles. The van der Waals surface area contributed by atoms with E-state index in [0.29, 0.717) is 30.1 Å². The first kappa shape index (κ1) is 24.0. The normalized spacial score (nSPS) is 12.2. The zero-order chi connectivity index (χ0) is 22.6. The SMILES string of the molecule is CCc1nc(-c2ccc(OC)cc2C(F)(F)F)c(CC)nc1OC(C(C)C)C(C)C. The summed E-state index contributed by atoms with van der Waals surface area (Å²) in [5.41, 5.74) is 0.478. The van der Waals surface area contributed by atoms with Crippen molar-refractivity contribution in [3.05, 3.63) is 35.2 Å². The lowest BCUT2D eigenvalue weighted by molar-refractivity contribution is -0.137. The van der Waals surface area contributed by atoms with E-state index >= 15 is 0 Å². The van der Waals surface area contributed by atoms with Gasteiger partial charge in [-0.25, -0.2) is 9.97 Å². The van der Waals surface area contributed by atoms with Crippen LogP contribution < -0.4 is 9.47 Å². The summed E-state index contributed by atoms with van der Waals surface area (Å²) in [6.45, 7) is 12.0. The molecule has 0 unspecified atom stereocenters. The molecule has 2 aromatic rings. The fourth-order valence-electron chi connectivity index (χ4n) is 3.54. The molecule has 1 aromatic carbocycles. The number of aromatic nitrogens is 2. The molecule has 0 bridgehead atoms. The standard InChI is InChI=1S/C23H31F3N2O2/c1-8-18-20(16-11-10-15(29-7)12-17(16)23(24,25)26)27-19(9-2)22(28-18)30-21(13(3)4)14(5)6/h10-14,21H,8-9H2,1-7H3. The molecule has 2 rings (SSSR count). The summed E-state index contributed by atoms with van der Waals surface area (Å²) in [7, 11) is 1.34. The second-order valence-electron chi connectivity index (χ2n) is 7.96. The van der Waals surface area contributed by atoms with Crippen LogP contribution in [0.1, 0.15) is 58.5 Å². The highest BCUT2D eigenvalue weighted by atomic mass is 19.4. The molecule has 0 spiro atoms. The Morgan fingerprint density at radius 2 is 1.53 bits per heavy atom. The van der Waals surface area contributed by atoms with Gasteiger partial charge in [-0.15, -0.1) is 0 Å². The molecule has 0 aliphatic rings. The monoisotopic (exact) mass is 424 g/mol. The lowest BCUT2D eigenvalue weighted by atomic mass is 9.96. The summed E-state index contributed by atoms with van der Waals surface area (Å²) < 4.78 is 52.5. The van der Waals surface area contributed by atoms with E-state index in [0.717, 1.165) is 6.07 Å². The van der Waals surface area contributed by atoms with Gasteiger partial charge in [0.15, 0.2) is 0 Å². The van der Waals surface area contributed by atoms with Crippen LogP contribution in [0.25, 0.3) is 11.3 Å². The molecule has 0 aliphatic carbocycles. The third-order valence-corrected chi connectivity index (χ3v) is 5.02. The first-order valence-electron chi connectivity index (χ1n) is 10.3. The van der Waals surface area contributed by atoms with Gasteiger partial charge >= 0.3 is 6.18 Å². The zero-order valence-corrected chi connectivity index (χ0v) is 18.7. The Balaban J connectivity index is 2.66. The first-order chi connectivity index (χ1) is 14.0. The molecule has 0 amide bonds. The average molecular weight is 425 g/mol. The molecule has 0 aliphatic heterocycles. The Morgan fingerprint density at radius 1 is 0.933 bits per heavy atom. The minimum atomic E-state index is -4.54. The molecule has 0 fully saturated rings. The lowest BCUT2D eigenvalue weighted by Gasteiger charge is -2.27. The number of rotatable bonds is 8. The summed E-state index contributed by atoms with van der Waals surface area (Å²) in [5, 5.41) is 0. The van der Waals surface area contributed by atoms with Crippen LogP contribution in [0.3, 0.4) is 0 Å². The molecule has 30 heavy (non-hydrogen) atoms. The van der Waals surface area contributed by atoms with Gasteiger partial charge in [-0.1, -0.05) is 41.5 Å². The average Bonchev–Trinajstić information content (AvgIpc) is 2.69. The van der Waals surface area contributed by atoms with Gasteiger partial charge in [0, 0.05) is 5.56 Å². The molecule has 4 nitrogen and oxygen atoms in total. The topological polar surface area (TPSA) is 44.2 Å². The Hall–Kier alpha value is -2.31. The summed E-state index contributed by atoms with van der Waals surface area (Å²) in [5.74, 6) is 1.08. The first-order valence-corrected chi connectivity index (χ1v) is 10.3. The third-order valence-electron chi connectivity index (χ3n) is 5.02. The van der Waals surface area contributed by atoms with Crippen LogP contribution in [0.2, 0.25) is 0 Å². The van der Waals surface area contributed by atoms with Crippen LogP contribution in [0.5, 0.6) is 11.6 Å². The highest BCUT2D eigenvalue weighted by Crippen LogP contribution is 2.40. The molecule has 166 valence electrons. The summed E-state index contributed by atoms with van der Waals surface area (Å²) in [6.07, 6.45) is -3.68. The van der Waals surface area contributed by atoms with Crippen molar-refractivity contribution in [3.63, 3.8) is 0 Å². The van der Waals surface area contributed by atoms with Crippen molar-refractivity contribution < 1.29 is 22.6 Å². The van der Waals surface area contributed by atoms with Gasteiger partial charge in [-0.2, -0.15) is 13.2 Å². The van der Waals surface area contributed by atoms with Crippen LogP contribution in [0.4, 0.5) is 13.2 Å². The van der Waals surface area contributed by atoms with Crippen molar-refractivity contribution in [1.82, 2.24) is 9.97 Å². The van der Waals surface area contributed by atoms with Crippen LogP contribution in [-0.4, -0.2) is 23.2 Å². The van der Waals surface area contributed by atoms with Crippen LogP contribution in [-0.2, 0) is 19.0 Å². The number of hydrogen-bond donors (Lipinski definition) is 0.